The predicted octanol–water partition coefficient (Wildman–Crippen LogP) is 2.19. The second-order valence-corrected chi connectivity index (χ2v) is 5.50. The number of halogens is 1. The molecule has 0 radical (unpaired) electrons. The van der Waals surface area contributed by atoms with Gasteiger partial charge in [-0.15, -0.1) is 0 Å². The van der Waals surface area contributed by atoms with Crippen molar-refractivity contribution in [1.29, 1.82) is 0 Å². The minimum Gasteiger partial charge on any atom is -0.497 e. The highest BCUT2D eigenvalue weighted by molar-refractivity contribution is 5.72. The molecule has 0 unspecified atom stereocenters. The molecule has 1 saturated carbocycles. The van der Waals surface area contributed by atoms with Gasteiger partial charge in [0.25, 0.3) is 0 Å². The summed E-state index contributed by atoms with van der Waals surface area (Å²) in [6.07, 6.45) is 2.14. The lowest BCUT2D eigenvalue weighted by molar-refractivity contribution is -0.135. The van der Waals surface area contributed by atoms with Crippen LogP contribution in [0.5, 0.6) is 5.75 Å². The third kappa shape index (κ3) is 3.77. The van der Waals surface area contributed by atoms with Gasteiger partial charge in [-0.25, -0.2) is 4.39 Å². The van der Waals surface area contributed by atoms with E-state index < -0.39 is 11.8 Å². The average molecular weight is 321 g/mol. The summed E-state index contributed by atoms with van der Waals surface area (Å²) in [6.45, 7) is 0.338. The highest BCUT2D eigenvalue weighted by Gasteiger charge is 2.28. The molecule has 0 atom stereocenters. The number of ether oxygens (including phenoxy) is 1. The maximum Gasteiger partial charge on any atom is 0.324 e. The van der Waals surface area contributed by atoms with Crippen molar-refractivity contribution < 1.29 is 23.6 Å². The lowest BCUT2D eigenvalue weighted by Gasteiger charge is -2.16. The van der Waals surface area contributed by atoms with E-state index in [1.807, 2.05) is 0 Å². The Morgan fingerprint density at radius 1 is 1.48 bits per heavy atom. The van der Waals surface area contributed by atoms with Gasteiger partial charge in [0.15, 0.2) is 0 Å². The lowest BCUT2D eigenvalue weighted by atomic mass is 10.2. The Kier molecular flexibility index (Phi) is 4.14. The van der Waals surface area contributed by atoms with Crippen molar-refractivity contribution >= 4 is 12.0 Å². The Morgan fingerprint density at radius 2 is 2.26 bits per heavy atom. The molecule has 1 aliphatic carbocycles. The highest BCUT2D eigenvalue weighted by atomic mass is 19.1. The number of methoxy groups -OCH3 is 1. The van der Waals surface area contributed by atoms with Gasteiger partial charge < -0.3 is 19.3 Å². The fourth-order valence-corrected chi connectivity index (χ4v) is 2.26. The quantitative estimate of drug-likeness (QED) is 0.836. The molecule has 1 heterocycles. The predicted molar refractivity (Wildman–Crippen MR) is 78.8 cm³/mol. The van der Waals surface area contributed by atoms with E-state index in [1.165, 1.54) is 24.1 Å². The molecule has 1 fully saturated rings. The Balaban J connectivity index is 1.85. The number of rotatable bonds is 7. The highest BCUT2D eigenvalue weighted by Crippen LogP contribution is 2.32. The molecule has 0 spiro atoms. The van der Waals surface area contributed by atoms with Crippen LogP contribution < -0.4 is 9.64 Å². The summed E-state index contributed by atoms with van der Waals surface area (Å²) >= 11 is 0. The summed E-state index contributed by atoms with van der Waals surface area (Å²) in [4.78, 5) is 16.7. The molecule has 0 aliphatic heterocycles. The second-order valence-electron chi connectivity index (χ2n) is 5.50. The first-order valence-corrected chi connectivity index (χ1v) is 7.20. The zero-order valence-corrected chi connectivity index (χ0v) is 12.5. The van der Waals surface area contributed by atoms with Gasteiger partial charge in [0.05, 0.1) is 7.11 Å². The van der Waals surface area contributed by atoms with Crippen molar-refractivity contribution in [1.82, 2.24) is 10.1 Å². The van der Waals surface area contributed by atoms with Gasteiger partial charge >= 0.3 is 12.0 Å². The zero-order chi connectivity index (χ0) is 16.4. The molecule has 0 saturated heterocycles. The van der Waals surface area contributed by atoms with E-state index in [0.29, 0.717) is 23.8 Å². The summed E-state index contributed by atoms with van der Waals surface area (Å²) in [5.41, 5.74) is 0.401. The number of carboxylic acids is 1. The van der Waals surface area contributed by atoms with E-state index in [-0.39, 0.29) is 18.4 Å². The molecule has 1 N–H and O–H groups in total. The number of carboxylic acid groups (broad SMARTS) is 1. The number of aliphatic carboxylic acids is 1. The summed E-state index contributed by atoms with van der Waals surface area (Å²) in [7, 11) is 1.43. The minimum atomic E-state index is -0.974. The normalized spacial score (nSPS) is 13.8. The molecule has 3 rings (SSSR count). The van der Waals surface area contributed by atoms with Crippen LogP contribution >= 0.6 is 0 Å². The Hall–Kier alpha value is -2.64. The first-order chi connectivity index (χ1) is 11.0. The Morgan fingerprint density at radius 3 is 2.91 bits per heavy atom. The maximum absolute atomic E-state index is 13.6. The summed E-state index contributed by atoms with van der Waals surface area (Å²) in [5.74, 6) is -0.474. The van der Waals surface area contributed by atoms with Gasteiger partial charge in [-0.2, -0.15) is 4.98 Å². The van der Waals surface area contributed by atoms with Crippen LogP contribution in [0.3, 0.4) is 0 Å². The monoisotopic (exact) mass is 321 g/mol. The zero-order valence-electron chi connectivity index (χ0n) is 12.5. The van der Waals surface area contributed by atoms with Crippen LogP contribution in [0.1, 0.15) is 12.8 Å². The van der Waals surface area contributed by atoms with Gasteiger partial charge in [0.2, 0.25) is 5.82 Å². The van der Waals surface area contributed by atoms with Crippen LogP contribution in [0.15, 0.2) is 22.7 Å². The van der Waals surface area contributed by atoms with Gasteiger partial charge in [-0.3, -0.25) is 4.79 Å². The molecule has 8 heteroatoms. The fourth-order valence-electron chi connectivity index (χ4n) is 2.26. The van der Waals surface area contributed by atoms with Crippen molar-refractivity contribution in [2.24, 2.45) is 5.92 Å². The molecule has 2 aromatic rings. The van der Waals surface area contributed by atoms with E-state index in [2.05, 4.69) is 10.1 Å². The number of benzene rings is 1. The third-order valence-corrected chi connectivity index (χ3v) is 3.55. The molecule has 1 aromatic carbocycles. The number of hydrogen-bond donors (Lipinski definition) is 1. The van der Waals surface area contributed by atoms with Gasteiger partial charge in [0.1, 0.15) is 18.1 Å². The average Bonchev–Trinajstić information content (AvgIpc) is 3.18. The third-order valence-electron chi connectivity index (χ3n) is 3.55. The van der Waals surface area contributed by atoms with E-state index in [4.69, 9.17) is 14.4 Å². The van der Waals surface area contributed by atoms with Crippen molar-refractivity contribution in [3.63, 3.8) is 0 Å². The smallest absolute Gasteiger partial charge is 0.324 e. The lowest BCUT2D eigenvalue weighted by Crippen LogP contribution is -2.31. The Labute approximate surface area is 131 Å². The second kappa shape index (κ2) is 6.23. The number of anilines is 1. The van der Waals surface area contributed by atoms with Crippen LogP contribution in [-0.2, 0) is 4.79 Å². The van der Waals surface area contributed by atoms with Crippen LogP contribution in [0, 0.1) is 11.7 Å². The molecule has 0 amide bonds. The molecule has 1 aliphatic rings. The summed E-state index contributed by atoms with van der Waals surface area (Å²) in [6, 6.07) is 4.21. The number of nitrogens with zero attached hydrogens (tertiary/aromatic N) is 3. The molecule has 23 heavy (non-hydrogen) atoms. The van der Waals surface area contributed by atoms with Gasteiger partial charge in [-0.1, -0.05) is 5.16 Å². The number of aromatic nitrogens is 2. The van der Waals surface area contributed by atoms with Gasteiger partial charge in [0, 0.05) is 18.2 Å². The summed E-state index contributed by atoms with van der Waals surface area (Å²) in [5, 5.41) is 12.8. The SMILES string of the molecule is COc1cc(F)cc(-c2noc(N(CC(=O)O)CC3CC3)n2)c1. The van der Waals surface area contributed by atoms with Crippen LogP contribution in [0.25, 0.3) is 11.4 Å². The summed E-state index contributed by atoms with van der Waals surface area (Å²) < 4.78 is 23.7. The van der Waals surface area contributed by atoms with E-state index in [0.717, 1.165) is 12.8 Å². The van der Waals surface area contributed by atoms with Crippen LogP contribution in [0.2, 0.25) is 0 Å². The molecule has 0 bridgehead atoms. The number of carbonyl (C=O) groups is 1. The maximum atomic E-state index is 13.6. The van der Waals surface area contributed by atoms with E-state index in [9.17, 15) is 9.18 Å². The first kappa shape index (κ1) is 15.3. The largest absolute Gasteiger partial charge is 0.497 e. The standard InChI is InChI=1S/C15H16FN3O4/c1-22-12-5-10(4-11(16)6-12)14-17-15(23-18-14)19(8-13(20)21)7-9-2-3-9/h4-6,9H,2-3,7-8H2,1H3,(H,20,21). The van der Waals surface area contributed by atoms with E-state index in [1.54, 1.807) is 6.07 Å². The Bertz CT molecular complexity index is 714. The van der Waals surface area contributed by atoms with Crippen LogP contribution in [0.4, 0.5) is 10.4 Å². The van der Waals surface area contributed by atoms with Gasteiger partial charge in [-0.05, 0) is 30.9 Å². The molecular weight excluding hydrogens is 305 g/mol. The number of hydrogen-bond acceptors (Lipinski definition) is 6. The van der Waals surface area contributed by atoms with Crippen molar-refractivity contribution in [3.8, 4) is 17.1 Å². The van der Waals surface area contributed by atoms with Crippen molar-refractivity contribution in [2.45, 2.75) is 12.8 Å². The van der Waals surface area contributed by atoms with E-state index >= 15 is 0 Å². The molecule has 1 aromatic heterocycles. The minimum absolute atomic E-state index is 0.123. The first-order valence-electron chi connectivity index (χ1n) is 7.20. The topological polar surface area (TPSA) is 88.7 Å². The molecule has 122 valence electrons. The molecular formula is C15H16FN3O4. The van der Waals surface area contributed by atoms with Crippen molar-refractivity contribution in [2.75, 3.05) is 25.1 Å². The fraction of sp³-hybridized carbons (Fsp3) is 0.400. The van der Waals surface area contributed by atoms with Crippen molar-refractivity contribution in [3.05, 3.63) is 24.0 Å². The molecule has 7 nitrogen and oxygen atoms in total. The van der Waals surface area contributed by atoms with Crippen LogP contribution in [-0.4, -0.2) is 41.4 Å².